The van der Waals surface area contributed by atoms with Gasteiger partial charge in [0.15, 0.2) is 6.10 Å². The highest BCUT2D eigenvalue weighted by atomic mass is 32.1. The van der Waals surface area contributed by atoms with Gasteiger partial charge in [-0.2, -0.15) is 13.2 Å². The highest BCUT2D eigenvalue weighted by molar-refractivity contribution is 7.19. The molecule has 1 atom stereocenters. The lowest BCUT2D eigenvalue weighted by molar-refractivity contribution is -0.167. The number of halogens is 3. The Morgan fingerprint density at radius 3 is 2.46 bits per heavy atom. The Kier molecular flexibility index (Phi) is 3.96. The molecule has 7 heteroatoms. The van der Waals surface area contributed by atoms with Gasteiger partial charge >= 0.3 is 12.1 Å². The van der Waals surface area contributed by atoms with Crippen LogP contribution in [0.2, 0.25) is 0 Å². The minimum absolute atomic E-state index is 0.138. The van der Waals surface area contributed by atoms with Gasteiger partial charge in [-0.05, 0) is 23.8 Å². The Morgan fingerprint density at radius 2 is 1.73 bits per heavy atom. The quantitative estimate of drug-likeness (QED) is 0.651. The number of nitrogens with one attached hydrogen (secondary N) is 1. The van der Waals surface area contributed by atoms with Crippen LogP contribution < -0.4 is 10.1 Å². The van der Waals surface area contributed by atoms with Gasteiger partial charge in [-0.3, -0.25) is 4.79 Å². The molecule has 1 aliphatic heterocycles. The molecule has 2 heterocycles. The third-order valence-electron chi connectivity index (χ3n) is 4.02. The monoisotopic (exact) mass is 375 g/mol. The van der Waals surface area contributed by atoms with Gasteiger partial charge in [0, 0.05) is 16.0 Å². The number of anilines is 1. The molecule has 1 N–H and O–H groups in total. The Balaban J connectivity index is 1.79. The van der Waals surface area contributed by atoms with Crippen molar-refractivity contribution in [2.45, 2.75) is 12.3 Å². The average Bonchev–Trinajstić information content (AvgIpc) is 3.05. The Hall–Kier alpha value is -2.80. The largest absolute Gasteiger partial charge is 0.480 e. The minimum atomic E-state index is -4.93. The topological polar surface area (TPSA) is 38.3 Å². The van der Waals surface area contributed by atoms with E-state index in [1.807, 2.05) is 59.9 Å². The first-order valence-corrected chi connectivity index (χ1v) is 8.58. The van der Waals surface area contributed by atoms with Crippen molar-refractivity contribution in [1.82, 2.24) is 0 Å². The maximum absolute atomic E-state index is 12.6. The lowest BCUT2D eigenvalue weighted by Crippen LogP contribution is -2.29. The van der Waals surface area contributed by atoms with Crippen LogP contribution >= 0.6 is 11.3 Å². The average molecular weight is 375 g/mol. The van der Waals surface area contributed by atoms with Crippen molar-refractivity contribution in [3.05, 3.63) is 71.8 Å². The number of carbonyl (C=O) groups is 1. The molecule has 132 valence electrons. The zero-order valence-electron chi connectivity index (χ0n) is 13.2. The number of benzene rings is 2. The number of carbonyl (C=O) groups excluding carboxylic acids is 1. The number of hydrogen-bond acceptors (Lipinski definition) is 3. The van der Waals surface area contributed by atoms with Gasteiger partial charge in [0.2, 0.25) is 0 Å². The molecule has 0 fully saturated rings. The summed E-state index contributed by atoms with van der Waals surface area (Å²) in [7, 11) is 0. The number of fused-ring (bicyclic) bond motifs is 3. The van der Waals surface area contributed by atoms with Gasteiger partial charge in [-0.1, -0.05) is 42.5 Å². The zero-order valence-corrected chi connectivity index (χ0v) is 14.0. The van der Waals surface area contributed by atoms with Crippen molar-refractivity contribution >= 4 is 22.2 Å². The first-order chi connectivity index (χ1) is 12.4. The molecule has 0 aliphatic carbocycles. The Labute approximate surface area is 151 Å². The number of thiophene rings is 1. The van der Waals surface area contributed by atoms with Crippen LogP contribution in [-0.2, 0) is 4.79 Å². The summed E-state index contributed by atoms with van der Waals surface area (Å²) in [5.41, 5.74) is 2.42. The molecule has 4 rings (SSSR count). The normalized spacial score (nSPS) is 15.6. The van der Waals surface area contributed by atoms with E-state index in [0.717, 1.165) is 32.9 Å². The molecule has 26 heavy (non-hydrogen) atoms. The van der Waals surface area contributed by atoms with Crippen LogP contribution in [0.25, 0.3) is 10.4 Å². The Bertz CT molecular complexity index is 966. The van der Waals surface area contributed by atoms with E-state index in [9.17, 15) is 18.0 Å². The second-order valence-electron chi connectivity index (χ2n) is 5.75. The van der Waals surface area contributed by atoms with Crippen LogP contribution in [0.3, 0.4) is 0 Å². The second kappa shape index (κ2) is 6.17. The number of rotatable bonds is 2. The molecule has 1 aromatic heterocycles. The van der Waals surface area contributed by atoms with Crippen molar-refractivity contribution in [3.8, 4) is 16.2 Å². The molecule has 0 spiro atoms. The van der Waals surface area contributed by atoms with Crippen molar-refractivity contribution in [3.63, 3.8) is 0 Å². The third kappa shape index (κ3) is 2.94. The highest BCUT2D eigenvalue weighted by Gasteiger charge is 2.39. The van der Waals surface area contributed by atoms with E-state index >= 15 is 0 Å². The van der Waals surface area contributed by atoms with Gasteiger partial charge in [0.1, 0.15) is 5.75 Å². The number of hydrogen-bond donors (Lipinski definition) is 1. The molecule has 3 nitrogen and oxygen atoms in total. The molecule has 0 saturated heterocycles. The number of ether oxygens (including phenoxy) is 1. The van der Waals surface area contributed by atoms with Crippen LogP contribution in [0.15, 0.2) is 60.7 Å². The zero-order chi connectivity index (χ0) is 18.3. The van der Waals surface area contributed by atoms with E-state index in [4.69, 9.17) is 4.74 Å². The summed E-state index contributed by atoms with van der Waals surface area (Å²) < 4.78 is 43.8. The van der Waals surface area contributed by atoms with E-state index in [-0.39, 0.29) is 5.00 Å². The molecule has 2 aromatic carbocycles. The van der Waals surface area contributed by atoms with Crippen LogP contribution in [0.4, 0.5) is 18.2 Å². The van der Waals surface area contributed by atoms with Gasteiger partial charge < -0.3 is 10.1 Å². The lowest BCUT2D eigenvalue weighted by Gasteiger charge is -2.26. The van der Waals surface area contributed by atoms with Gasteiger partial charge in [-0.25, -0.2) is 0 Å². The van der Waals surface area contributed by atoms with E-state index < -0.39 is 18.2 Å². The third-order valence-corrected chi connectivity index (χ3v) is 5.12. The molecule has 0 bridgehead atoms. The first kappa shape index (κ1) is 16.7. The fourth-order valence-corrected chi connectivity index (χ4v) is 3.99. The lowest BCUT2D eigenvalue weighted by atomic mass is 9.96. The molecule has 3 aromatic rings. The molecule has 1 amide bonds. The van der Waals surface area contributed by atoms with Crippen molar-refractivity contribution in [2.24, 2.45) is 0 Å². The summed E-state index contributed by atoms with van der Waals surface area (Å²) in [6.45, 7) is 0. The van der Waals surface area contributed by atoms with Gasteiger partial charge in [0.25, 0.3) is 0 Å². The molecular weight excluding hydrogens is 363 g/mol. The fourth-order valence-electron chi connectivity index (χ4n) is 2.88. The second-order valence-corrected chi connectivity index (χ2v) is 6.80. The van der Waals surface area contributed by atoms with E-state index in [0.29, 0.717) is 5.75 Å². The smallest absolute Gasteiger partial charge is 0.471 e. The minimum Gasteiger partial charge on any atom is -0.480 e. The summed E-state index contributed by atoms with van der Waals surface area (Å²) in [5.74, 6) is -1.33. The van der Waals surface area contributed by atoms with Crippen LogP contribution in [0.5, 0.6) is 5.75 Å². The van der Waals surface area contributed by atoms with Gasteiger partial charge in [-0.15, -0.1) is 11.3 Å². The highest BCUT2D eigenvalue weighted by Crippen LogP contribution is 2.49. The molecule has 0 radical (unpaired) electrons. The molecule has 0 saturated carbocycles. The van der Waals surface area contributed by atoms with Gasteiger partial charge in [0.05, 0.1) is 5.00 Å². The maximum atomic E-state index is 12.6. The standard InChI is InChI=1S/C19H12F3NO2S/c20-19(21,22)18(24)23-15-10-13-16(11-6-2-1-3-7-11)25-14-9-5-4-8-12(14)17(13)26-15/h1-10,16H,(H,23,24). The fraction of sp³-hybridized carbons (Fsp3) is 0.105. The van der Waals surface area contributed by atoms with E-state index in [1.54, 1.807) is 6.07 Å². The number of alkyl halides is 3. The van der Waals surface area contributed by atoms with Crippen LogP contribution in [0.1, 0.15) is 17.2 Å². The SMILES string of the molecule is O=C(Nc1cc2c(s1)-c1ccccc1OC2c1ccccc1)C(F)(F)F. The summed E-state index contributed by atoms with van der Waals surface area (Å²) in [5, 5.41) is 2.08. The van der Waals surface area contributed by atoms with Crippen LogP contribution in [0, 0.1) is 0 Å². The summed E-state index contributed by atoms with van der Waals surface area (Å²) >= 11 is 1.11. The van der Waals surface area contributed by atoms with Crippen molar-refractivity contribution in [2.75, 3.05) is 5.32 Å². The first-order valence-electron chi connectivity index (χ1n) is 7.76. The van der Waals surface area contributed by atoms with Crippen molar-refractivity contribution < 1.29 is 22.7 Å². The van der Waals surface area contributed by atoms with Crippen molar-refractivity contribution in [1.29, 1.82) is 0 Å². The molecular formula is C19H12F3NO2S. The molecule has 1 aliphatic rings. The number of amides is 1. The summed E-state index contributed by atoms with van der Waals surface area (Å²) in [6.07, 6.45) is -5.38. The predicted molar refractivity (Wildman–Crippen MR) is 93.4 cm³/mol. The molecule has 1 unspecified atom stereocenters. The number of para-hydroxylation sites is 1. The van der Waals surface area contributed by atoms with E-state index in [1.165, 1.54) is 0 Å². The summed E-state index contributed by atoms with van der Waals surface area (Å²) in [6, 6.07) is 18.3. The van der Waals surface area contributed by atoms with Crippen LogP contribution in [-0.4, -0.2) is 12.1 Å². The maximum Gasteiger partial charge on any atom is 0.471 e. The van der Waals surface area contributed by atoms with E-state index in [2.05, 4.69) is 0 Å². The Morgan fingerprint density at radius 1 is 1.04 bits per heavy atom. The predicted octanol–water partition coefficient (Wildman–Crippen LogP) is 5.40. The summed E-state index contributed by atoms with van der Waals surface area (Å²) in [4.78, 5) is 12.1.